The zero-order valence-corrected chi connectivity index (χ0v) is 9.30. The highest BCUT2D eigenvalue weighted by atomic mass is 16.1. The normalized spacial score (nSPS) is 11.7. The van der Waals surface area contributed by atoms with Crippen molar-refractivity contribution in [1.29, 1.82) is 0 Å². The lowest BCUT2D eigenvalue weighted by Crippen LogP contribution is -2.20. The molecule has 0 bridgehead atoms. The van der Waals surface area contributed by atoms with Crippen LogP contribution in [0.25, 0.3) is 21.9 Å². The molecule has 0 aliphatic carbocycles. The van der Waals surface area contributed by atoms with Crippen molar-refractivity contribution in [3.63, 3.8) is 0 Å². The number of fused-ring (bicyclic) bond motifs is 3. The number of aryl methyl sites for hydroxylation is 3. The van der Waals surface area contributed by atoms with Crippen molar-refractivity contribution in [2.75, 3.05) is 0 Å². The fourth-order valence-electron chi connectivity index (χ4n) is 2.13. The van der Waals surface area contributed by atoms with Crippen LogP contribution in [0.5, 0.6) is 0 Å². The highest BCUT2D eigenvalue weighted by Gasteiger charge is 2.15. The topological polar surface area (TPSA) is 57.6 Å². The van der Waals surface area contributed by atoms with E-state index in [0.29, 0.717) is 5.52 Å². The zero-order chi connectivity index (χ0) is 11.4. The molecule has 0 radical (unpaired) electrons. The molecule has 82 valence electrons. The first-order valence-electron chi connectivity index (χ1n) is 4.93. The van der Waals surface area contributed by atoms with Gasteiger partial charge in [-0.3, -0.25) is 9.48 Å². The van der Waals surface area contributed by atoms with Crippen LogP contribution in [-0.4, -0.2) is 24.1 Å². The summed E-state index contributed by atoms with van der Waals surface area (Å²) in [6, 6.07) is 0. The van der Waals surface area contributed by atoms with Gasteiger partial charge in [-0.15, -0.1) is 0 Å². The predicted molar refractivity (Wildman–Crippen MR) is 60.2 cm³/mol. The van der Waals surface area contributed by atoms with Gasteiger partial charge in [0.1, 0.15) is 5.52 Å². The number of nitrogens with zero attached hydrogens (tertiary/aromatic N) is 5. The molecule has 6 nitrogen and oxygen atoms in total. The van der Waals surface area contributed by atoms with Gasteiger partial charge in [-0.2, -0.15) is 10.2 Å². The van der Waals surface area contributed by atoms with Crippen LogP contribution < -0.4 is 5.56 Å². The summed E-state index contributed by atoms with van der Waals surface area (Å²) >= 11 is 0. The summed E-state index contributed by atoms with van der Waals surface area (Å²) in [6.07, 6.45) is 3.47. The Morgan fingerprint density at radius 1 is 1.00 bits per heavy atom. The van der Waals surface area contributed by atoms with Gasteiger partial charge < -0.3 is 4.57 Å². The van der Waals surface area contributed by atoms with Crippen molar-refractivity contribution < 1.29 is 0 Å². The Morgan fingerprint density at radius 2 is 1.69 bits per heavy atom. The minimum absolute atomic E-state index is 0.0869. The van der Waals surface area contributed by atoms with Gasteiger partial charge in [-0.05, 0) is 0 Å². The van der Waals surface area contributed by atoms with E-state index in [1.54, 1.807) is 24.1 Å². The fraction of sp³-hybridized carbons (Fsp3) is 0.300. The first kappa shape index (κ1) is 9.14. The molecule has 16 heavy (non-hydrogen) atoms. The van der Waals surface area contributed by atoms with Gasteiger partial charge in [0.2, 0.25) is 0 Å². The van der Waals surface area contributed by atoms with Gasteiger partial charge in [-0.25, -0.2) is 4.68 Å². The third-order valence-electron chi connectivity index (χ3n) is 2.98. The fourth-order valence-corrected chi connectivity index (χ4v) is 2.13. The second-order valence-electron chi connectivity index (χ2n) is 3.90. The molecule has 0 spiro atoms. The van der Waals surface area contributed by atoms with E-state index in [1.807, 2.05) is 18.7 Å². The SMILES string of the molecule is Cn1ncc2c3c(cnn3C)n(C)c2c1=O. The van der Waals surface area contributed by atoms with Crippen molar-refractivity contribution in [2.45, 2.75) is 0 Å². The molecule has 0 unspecified atom stereocenters. The van der Waals surface area contributed by atoms with Crippen LogP contribution in [0, 0.1) is 0 Å². The van der Waals surface area contributed by atoms with E-state index < -0.39 is 0 Å². The second-order valence-corrected chi connectivity index (χ2v) is 3.90. The Balaban J connectivity index is 2.73. The van der Waals surface area contributed by atoms with Gasteiger partial charge in [0, 0.05) is 21.1 Å². The summed E-state index contributed by atoms with van der Waals surface area (Å²) in [4.78, 5) is 12.0. The summed E-state index contributed by atoms with van der Waals surface area (Å²) in [7, 11) is 5.38. The lowest BCUT2D eigenvalue weighted by Gasteiger charge is -1.98. The molecule has 0 aromatic carbocycles. The molecule has 0 amide bonds. The molecule has 3 heterocycles. The Labute approximate surface area is 90.7 Å². The second kappa shape index (κ2) is 2.72. The van der Waals surface area contributed by atoms with Crippen LogP contribution in [0.2, 0.25) is 0 Å². The molecule has 0 aliphatic rings. The van der Waals surface area contributed by atoms with E-state index >= 15 is 0 Å². The van der Waals surface area contributed by atoms with Gasteiger partial charge >= 0.3 is 0 Å². The summed E-state index contributed by atoms with van der Waals surface area (Å²) in [5, 5.41) is 9.07. The maximum absolute atomic E-state index is 12.0. The zero-order valence-electron chi connectivity index (χ0n) is 9.30. The third kappa shape index (κ3) is 0.886. The minimum atomic E-state index is -0.0869. The van der Waals surface area contributed by atoms with Crippen molar-refractivity contribution in [3.05, 3.63) is 22.7 Å². The Kier molecular flexibility index (Phi) is 1.55. The van der Waals surface area contributed by atoms with Crippen LogP contribution in [0.3, 0.4) is 0 Å². The first-order chi connectivity index (χ1) is 7.61. The highest BCUT2D eigenvalue weighted by molar-refractivity contribution is 6.05. The summed E-state index contributed by atoms with van der Waals surface area (Å²) in [5.74, 6) is 0. The maximum Gasteiger partial charge on any atom is 0.291 e. The van der Waals surface area contributed by atoms with Crippen LogP contribution >= 0.6 is 0 Å². The Bertz CT molecular complexity index is 761. The quantitative estimate of drug-likeness (QED) is 0.539. The molecule has 3 rings (SSSR count). The van der Waals surface area contributed by atoms with Crippen molar-refractivity contribution in [1.82, 2.24) is 24.1 Å². The lowest BCUT2D eigenvalue weighted by atomic mass is 10.3. The van der Waals surface area contributed by atoms with E-state index in [1.165, 1.54) is 4.68 Å². The Hall–Kier alpha value is -2.11. The van der Waals surface area contributed by atoms with Crippen molar-refractivity contribution in [3.8, 4) is 0 Å². The number of aromatic nitrogens is 5. The largest absolute Gasteiger partial charge is 0.336 e. The van der Waals surface area contributed by atoms with Gasteiger partial charge in [0.05, 0.1) is 28.8 Å². The van der Waals surface area contributed by atoms with E-state index in [2.05, 4.69) is 10.2 Å². The standard InChI is InChI=1S/C10H11N5O/c1-13-7-5-12-14(2)8(7)6-4-11-15(3)10(16)9(6)13/h4-5H,1-3H3. The summed E-state index contributed by atoms with van der Waals surface area (Å²) < 4.78 is 4.97. The molecule has 0 fully saturated rings. The predicted octanol–water partition coefficient (Wildman–Crippen LogP) is 0.159. The van der Waals surface area contributed by atoms with Crippen LogP contribution in [0.4, 0.5) is 0 Å². The number of rotatable bonds is 0. The molecular weight excluding hydrogens is 206 g/mol. The molecule has 3 aromatic rings. The molecular formula is C10H11N5O. The van der Waals surface area contributed by atoms with Crippen molar-refractivity contribution in [2.24, 2.45) is 21.1 Å². The first-order valence-corrected chi connectivity index (χ1v) is 4.93. The monoisotopic (exact) mass is 217 g/mol. The van der Waals surface area contributed by atoms with Crippen LogP contribution in [0.15, 0.2) is 17.2 Å². The van der Waals surface area contributed by atoms with Crippen LogP contribution in [0.1, 0.15) is 0 Å². The molecule has 0 N–H and O–H groups in total. The summed E-state index contributed by atoms with van der Waals surface area (Å²) in [6.45, 7) is 0. The molecule has 0 atom stereocenters. The maximum atomic E-state index is 12.0. The highest BCUT2D eigenvalue weighted by Crippen LogP contribution is 2.23. The van der Waals surface area contributed by atoms with Gasteiger partial charge in [-0.1, -0.05) is 0 Å². The molecule has 0 saturated carbocycles. The molecule has 6 heteroatoms. The van der Waals surface area contributed by atoms with E-state index in [4.69, 9.17) is 0 Å². The average molecular weight is 217 g/mol. The molecule has 3 aromatic heterocycles. The number of hydrogen-bond acceptors (Lipinski definition) is 3. The lowest BCUT2D eigenvalue weighted by molar-refractivity contribution is 0.712. The van der Waals surface area contributed by atoms with Gasteiger partial charge in [0.25, 0.3) is 5.56 Å². The van der Waals surface area contributed by atoms with E-state index in [0.717, 1.165) is 16.4 Å². The number of hydrogen-bond donors (Lipinski definition) is 0. The van der Waals surface area contributed by atoms with Crippen molar-refractivity contribution >= 4 is 21.9 Å². The van der Waals surface area contributed by atoms with E-state index in [-0.39, 0.29) is 5.56 Å². The van der Waals surface area contributed by atoms with Crippen LogP contribution in [-0.2, 0) is 21.1 Å². The Morgan fingerprint density at radius 3 is 2.44 bits per heavy atom. The molecule has 0 saturated heterocycles. The molecule has 0 aliphatic heterocycles. The smallest absolute Gasteiger partial charge is 0.291 e. The average Bonchev–Trinajstić information content (AvgIpc) is 2.75. The van der Waals surface area contributed by atoms with Gasteiger partial charge in [0.15, 0.2) is 0 Å². The third-order valence-corrected chi connectivity index (χ3v) is 2.98. The minimum Gasteiger partial charge on any atom is -0.336 e. The van der Waals surface area contributed by atoms with E-state index in [9.17, 15) is 4.79 Å². The summed E-state index contributed by atoms with van der Waals surface area (Å²) in [5.41, 5.74) is 2.47.